The standard InChI is InChI=1S/C13H28N2O/c1-10(2)13(14)9-15(7-8-16-4)11(3)12-5-6-12/h10-13H,5-9,14H2,1-4H3. The summed E-state index contributed by atoms with van der Waals surface area (Å²) in [6, 6.07) is 0.943. The van der Waals surface area contributed by atoms with Gasteiger partial charge in [0.25, 0.3) is 0 Å². The zero-order valence-corrected chi connectivity index (χ0v) is 11.3. The van der Waals surface area contributed by atoms with Crippen molar-refractivity contribution in [2.75, 3.05) is 26.8 Å². The first-order chi connectivity index (χ1) is 7.56. The summed E-state index contributed by atoms with van der Waals surface area (Å²) < 4.78 is 5.18. The van der Waals surface area contributed by atoms with Crippen molar-refractivity contribution in [3.63, 3.8) is 0 Å². The Bertz CT molecular complexity index is 192. The molecule has 1 aliphatic rings. The average Bonchev–Trinajstić information content (AvgIpc) is 3.06. The SMILES string of the molecule is COCCN(CC(N)C(C)C)C(C)C1CC1. The van der Waals surface area contributed by atoms with Crippen LogP contribution in [0, 0.1) is 11.8 Å². The van der Waals surface area contributed by atoms with E-state index in [0.717, 1.165) is 25.6 Å². The van der Waals surface area contributed by atoms with E-state index in [1.54, 1.807) is 7.11 Å². The van der Waals surface area contributed by atoms with E-state index in [0.29, 0.717) is 12.0 Å². The maximum absolute atomic E-state index is 6.16. The number of nitrogens with two attached hydrogens (primary N) is 1. The zero-order valence-electron chi connectivity index (χ0n) is 11.3. The molecule has 1 fully saturated rings. The summed E-state index contributed by atoms with van der Waals surface area (Å²) in [6.07, 6.45) is 2.78. The zero-order chi connectivity index (χ0) is 12.1. The van der Waals surface area contributed by atoms with Gasteiger partial charge >= 0.3 is 0 Å². The lowest BCUT2D eigenvalue weighted by atomic mass is 10.0. The molecule has 1 aliphatic carbocycles. The normalized spacial score (nSPS) is 20.4. The minimum atomic E-state index is 0.276. The Balaban J connectivity index is 2.41. The van der Waals surface area contributed by atoms with Crippen molar-refractivity contribution in [3.05, 3.63) is 0 Å². The molecular formula is C13H28N2O. The first kappa shape index (κ1) is 13.9. The van der Waals surface area contributed by atoms with Gasteiger partial charge in [-0.2, -0.15) is 0 Å². The lowest BCUT2D eigenvalue weighted by Gasteiger charge is -2.32. The van der Waals surface area contributed by atoms with Crippen LogP contribution in [0.5, 0.6) is 0 Å². The maximum atomic E-state index is 6.16. The molecule has 0 aliphatic heterocycles. The molecule has 3 heteroatoms. The van der Waals surface area contributed by atoms with Crippen LogP contribution < -0.4 is 5.73 Å². The van der Waals surface area contributed by atoms with E-state index in [9.17, 15) is 0 Å². The van der Waals surface area contributed by atoms with E-state index in [1.165, 1.54) is 12.8 Å². The number of hydrogen-bond donors (Lipinski definition) is 1. The molecule has 2 N–H and O–H groups in total. The van der Waals surface area contributed by atoms with Crippen molar-refractivity contribution < 1.29 is 4.74 Å². The fraction of sp³-hybridized carbons (Fsp3) is 1.00. The molecule has 16 heavy (non-hydrogen) atoms. The second kappa shape index (κ2) is 6.58. The third kappa shape index (κ3) is 4.40. The van der Waals surface area contributed by atoms with Crippen molar-refractivity contribution in [2.24, 2.45) is 17.6 Å². The lowest BCUT2D eigenvalue weighted by Crippen LogP contribution is -2.46. The molecule has 2 unspecified atom stereocenters. The molecule has 0 spiro atoms. The van der Waals surface area contributed by atoms with Gasteiger partial charge in [0.05, 0.1) is 6.61 Å². The highest BCUT2D eigenvalue weighted by Gasteiger charge is 2.32. The molecule has 96 valence electrons. The van der Waals surface area contributed by atoms with Gasteiger partial charge in [-0.05, 0) is 31.6 Å². The first-order valence-electron chi connectivity index (χ1n) is 6.54. The van der Waals surface area contributed by atoms with Crippen molar-refractivity contribution in [3.8, 4) is 0 Å². The molecule has 1 rings (SSSR count). The van der Waals surface area contributed by atoms with Gasteiger partial charge in [-0.25, -0.2) is 0 Å². The van der Waals surface area contributed by atoms with E-state index < -0.39 is 0 Å². The summed E-state index contributed by atoms with van der Waals surface area (Å²) in [4.78, 5) is 2.51. The number of methoxy groups -OCH3 is 1. The van der Waals surface area contributed by atoms with Gasteiger partial charge < -0.3 is 10.5 Å². The quantitative estimate of drug-likeness (QED) is 0.687. The molecule has 0 aromatic rings. The molecule has 0 amide bonds. The molecule has 0 radical (unpaired) electrons. The fourth-order valence-corrected chi connectivity index (χ4v) is 2.03. The third-order valence-electron chi connectivity index (χ3n) is 3.76. The van der Waals surface area contributed by atoms with Gasteiger partial charge in [-0.15, -0.1) is 0 Å². The lowest BCUT2D eigenvalue weighted by molar-refractivity contribution is 0.107. The Morgan fingerprint density at radius 2 is 1.94 bits per heavy atom. The number of hydrogen-bond acceptors (Lipinski definition) is 3. The van der Waals surface area contributed by atoms with Crippen molar-refractivity contribution in [1.29, 1.82) is 0 Å². The molecule has 0 aromatic carbocycles. The highest BCUT2D eigenvalue weighted by molar-refractivity contribution is 4.87. The summed E-state index contributed by atoms with van der Waals surface area (Å²) in [5.41, 5.74) is 6.16. The number of nitrogens with zero attached hydrogens (tertiary/aromatic N) is 1. The molecule has 0 aromatic heterocycles. The summed E-state index contributed by atoms with van der Waals surface area (Å²) in [5.74, 6) is 1.45. The Labute approximate surface area is 100 Å². The predicted molar refractivity (Wildman–Crippen MR) is 68.4 cm³/mol. The molecule has 0 heterocycles. The number of rotatable bonds is 8. The van der Waals surface area contributed by atoms with Gasteiger partial charge in [-0.1, -0.05) is 13.8 Å². The van der Waals surface area contributed by atoms with Gasteiger partial charge in [0.15, 0.2) is 0 Å². The molecule has 3 nitrogen and oxygen atoms in total. The van der Waals surface area contributed by atoms with E-state index in [-0.39, 0.29) is 6.04 Å². The van der Waals surface area contributed by atoms with E-state index in [1.807, 2.05) is 0 Å². The van der Waals surface area contributed by atoms with Gasteiger partial charge in [0.1, 0.15) is 0 Å². The van der Waals surface area contributed by atoms with Crippen LogP contribution in [0.2, 0.25) is 0 Å². The summed E-state index contributed by atoms with van der Waals surface area (Å²) >= 11 is 0. The monoisotopic (exact) mass is 228 g/mol. The van der Waals surface area contributed by atoms with Crippen LogP contribution in [0.1, 0.15) is 33.6 Å². The maximum Gasteiger partial charge on any atom is 0.0589 e. The van der Waals surface area contributed by atoms with Gasteiger partial charge in [0, 0.05) is 32.3 Å². The van der Waals surface area contributed by atoms with E-state index in [4.69, 9.17) is 10.5 Å². The van der Waals surface area contributed by atoms with Crippen LogP contribution in [-0.4, -0.2) is 43.8 Å². The molecular weight excluding hydrogens is 200 g/mol. The Morgan fingerprint density at radius 3 is 2.38 bits per heavy atom. The molecule has 0 saturated heterocycles. The van der Waals surface area contributed by atoms with Crippen molar-refractivity contribution >= 4 is 0 Å². The van der Waals surface area contributed by atoms with Crippen LogP contribution >= 0.6 is 0 Å². The van der Waals surface area contributed by atoms with Crippen LogP contribution in [0.25, 0.3) is 0 Å². The topological polar surface area (TPSA) is 38.5 Å². The van der Waals surface area contributed by atoms with Crippen LogP contribution in [0.3, 0.4) is 0 Å². The predicted octanol–water partition coefficient (Wildman–Crippen LogP) is 1.72. The average molecular weight is 228 g/mol. The van der Waals surface area contributed by atoms with Crippen molar-refractivity contribution in [2.45, 2.75) is 45.7 Å². The van der Waals surface area contributed by atoms with Crippen LogP contribution in [0.4, 0.5) is 0 Å². The van der Waals surface area contributed by atoms with E-state index in [2.05, 4.69) is 25.7 Å². The Kier molecular flexibility index (Phi) is 5.73. The Hall–Kier alpha value is -0.120. The smallest absolute Gasteiger partial charge is 0.0589 e. The summed E-state index contributed by atoms with van der Waals surface area (Å²) in [6.45, 7) is 9.54. The fourth-order valence-electron chi connectivity index (χ4n) is 2.03. The highest BCUT2D eigenvalue weighted by Crippen LogP contribution is 2.35. The van der Waals surface area contributed by atoms with Crippen LogP contribution in [0.15, 0.2) is 0 Å². The second-order valence-corrected chi connectivity index (χ2v) is 5.47. The summed E-state index contributed by atoms with van der Waals surface area (Å²) in [7, 11) is 1.77. The molecule has 0 bridgehead atoms. The minimum Gasteiger partial charge on any atom is -0.383 e. The third-order valence-corrected chi connectivity index (χ3v) is 3.76. The highest BCUT2D eigenvalue weighted by atomic mass is 16.5. The largest absolute Gasteiger partial charge is 0.383 e. The molecule has 2 atom stereocenters. The Morgan fingerprint density at radius 1 is 1.31 bits per heavy atom. The number of ether oxygens (including phenoxy) is 1. The van der Waals surface area contributed by atoms with Crippen LogP contribution in [-0.2, 0) is 4.74 Å². The van der Waals surface area contributed by atoms with E-state index >= 15 is 0 Å². The van der Waals surface area contributed by atoms with Gasteiger partial charge in [-0.3, -0.25) is 4.90 Å². The first-order valence-corrected chi connectivity index (χ1v) is 6.54. The minimum absolute atomic E-state index is 0.276. The molecule has 1 saturated carbocycles. The van der Waals surface area contributed by atoms with Crippen molar-refractivity contribution in [1.82, 2.24) is 4.90 Å². The second-order valence-electron chi connectivity index (χ2n) is 5.47. The summed E-state index contributed by atoms with van der Waals surface area (Å²) in [5, 5.41) is 0. The van der Waals surface area contributed by atoms with Gasteiger partial charge in [0.2, 0.25) is 0 Å².